The van der Waals surface area contributed by atoms with E-state index < -0.39 is 0 Å². The summed E-state index contributed by atoms with van der Waals surface area (Å²) in [5.74, 6) is 0. The molecule has 0 saturated heterocycles. The molecule has 0 N–H and O–H groups in total. The van der Waals surface area contributed by atoms with Crippen LogP contribution in [-0.2, 0) is 0 Å². The second-order valence-corrected chi connectivity index (χ2v) is 5.90. The van der Waals surface area contributed by atoms with Crippen molar-refractivity contribution in [2.45, 2.75) is 0 Å². The number of halogens is 1. The van der Waals surface area contributed by atoms with E-state index in [1.54, 1.807) is 12.4 Å². The summed E-state index contributed by atoms with van der Waals surface area (Å²) in [6, 6.07) is 22.7. The molecule has 0 aliphatic heterocycles. The molecule has 102 valence electrons. The van der Waals surface area contributed by atoms with E-state index in [0.717, 1.165) is 11.1 Å². The number of hydrogen-bond donors (Lipinski definition) is 0. The molecule has 0 radical (unpaired) electrons. The lowest BCUT2D eigenvalue weighted by Crippen LogP contribution is -1.83. The third-order valence-electron chi connectivity index (χ3n) is 3.10. The fourth-order valence-corrected chi connectivity index (χ4v) is 2.64. The molecular weight excluding hydrogens is 371 g/mol. The summed E-state index contributed by atoms with van der Waals surface area (Å²) in [5.41, 5.74) is 2.10. The zero-order valence-corrected chi connectivity index (χ0v) is 13.4. The van der Waals surface area contributed by atoms with Crippen LogP contribution in [0.15, 0.2) is 76.9 Å². The molecule has 3 aromatic carbocycles. The maximum Gasteiger partial charge on any atom is 0.0568 e. The lowest BCUT2D eigenvalue weighted by molar-refractivity contribution is 1.26. The van der Waals surface area contributed by atoms with E-state index in [4.69, 9.17) is 0 Å². The first-order valence-corrected chi connectivity index (χ1v) is 7.70. The molecule has 0 aliphatic carbocycles. The summed E-state index contributed by atoms with van der Waals surface area (Å²) in [6.45, 7) is 0. The van der Waals surface area contributed by atoms with Gasteiger partial charge in [0.15, 0.2) is 0 Å². The van der Waals surface area contributed by atoms with Gasteiger partial charge in [0, 0.05) is 3.57 Å². The van der Waals surface area contributed by atoms with Crippen molar-refractivity contribution in [3.05, 3.63) is 81.4 Å². The van der Waals surface area contributed by atoms with Gasteiger partial charge in [-0.2, -0.15) is 10.2 Å². The number of hydrogen-bond acceptors (Lipinski definition) is 2. The molecule has 0 fully saturated rings. The molecule has 3 rings (SSSR count). The maximum absolute atomic E-state index is 4.12. The average molecular weight is 384 g/mol. The van der Waals surface area contributed by atoms with Gasteiger partial charge in [-0.3, -0.25) is 0 Å². The Balaban J connectivity index is 1.75. The lowest BCUT2D eigenvalue weighted by Gasteiger charge is -1.97. The molecule has 3 heteroatoms. The topological polar surface area (TPSA) is 24.7 Å². The first-order chi connectivity index (χ1) is 10.3. The van der Waals surface area contributed by atoms with E-state index >= 15 is 0 Å². The highest BCUT2D eigenvalue weighted by Gasteiger charge is 1.93. The molecule has 0 spiro atoms. The number of rotatable bonds is 3. The third kappa shape index (κ3) is 3.76. The normalized spacial score (nSPS) is 11.7. The fraction of sp³-hybridized carbons (Fsp3) is 0. The van der Waals surface area contributed by atoms with Gasteiger partial charge in [0.05, 0.1) is 12.4 Å². The standard InChI is InChI=1S/C18H13IN2/c19-18-7-3-4-14(11-18)12-20-21-13-15-8-9-16-5-1-2-6-17(16)10-15/h1-13H/b20-12+,21-13+. The molecule has 0 heterocycles. The quantitative estimate of drug-likeness (QED) is 0.349. The summed E-state index contributed by atoms with van der Waals surface area (Å²) < 4.78 is 1.19. The lowest BCUT2D eigenvalue weighted by atomic mass is 10.1. The predicted octanol–water partition coefficient (Wildman–Crippen LogP) is 4.90. The number of fused-ring (bicyclic) bond motifs is 1. The third-order valence-corrected chi connectivity index (χ3v) is 3.77. The van der Waals surface area contributed by atoms with E-state index in [2.05, 4.69) is 69.2 Å². The van der Waals surface area contributed by atoms with Crippen molar-refractivity contribution in [3.63, 3.8) is 0 Å². The van der Waals surface area contributed by atoms with Crippen molar-refractivity contribution in [1.29, 1.82) is 0 Å². The van der Waals surface area contributed by atoms with Gasteiger partial charge in [0.25, 0.3) is 0 Å². The first-order valence-electron chi connectivity index (χ1n) is 6.62. The van der Waals surface area contributed by atoms with Gasteiger partial charge >= 0.3 is 0 Å². The monoisotopic (exact) mass is 384 g/mol. The first kappa shape index (κ1) is 13.9. The predicted molar refractivity (Wildman–Crippen MR) is 98.3 cm³/mol. The van der Waals surface area contributed by atoms with Crippen LogP contribution in [0.4, 0.5) is 0 Å². The van der Waals surface area contributed by atoms with Gasteiger partial charge in [-0.1, -0.05) is 48.5 Å². The highest BCUT2D eigenvalue weighted by molar-refractivity contribution is 14.1. The SMILES string of the molecule is Ic1cccc(/C=N/N=C/c2ccc3ccccc3c2)c1. The van der Waals surface area contributed by atoms with Crippen LogP contribution in [-0.4, -0.2) is 12.4 Å². The van der Waals surface area contributed by atoms with Crippen LogP contribution in [0.2, 0.25) is 0 Å². The van der Waals surface area contributed by atoms with Crippen LogP contribution in [0.5, 0.6) is 0 Å². The van der Waals surface area contributed by atoms with Gasteiger partial charge < -0.3 is 0 Å². The molecule has 2 nitrogen and oxygen atoms in total. The minimum absolute atomic E-state index is 1.05. The molecule has 0 bridgehead atoms. The van der Waals surface area contributed by atoms with Crippen LogP contribution < -0.4 is 0 Å². The van der Waals surface area contributed by atoms with E-state index in [0.29, 0.717) is 0 Å². The van der Waals surface area contributed by atoms with Crippen LogP contribution in [0.25, 0.3) is 10.8 Å². The largest absolute Gasteiger partial charge is 0.159 e. The Hall–Kier alpha value is -2.01. The van der Waals surface area contributed by atoms with Crippen molar-refractivity contribution in [3.8, 4) is 0 Å². The fourth-order valence-electron chi connectivity index (χ4n) is 2.07. The smallest absolute Gasteiger partial charge is 0.0568 e. The van der Waals surface area contributed by atoms with Gasteiger partial charge in [-0.25, -0.2) is 0 Å². The molecule has 0 saturated carbocycles. The highest BCUT2D eigenvalue weighted by atomic mass is 127. The van der Waals surface area contributed by atoms with E-state index in [9.17, 15) is 0 Å². The number of nitrogens with zero attached hydrogens (tertiary/aromatic N) is 2. The molecular formula is C18H13IN2. The Kier molecular flexibility index (Phi) is 4.40. The Morgan fingerprint density at radius 2 is 1.38 bits per heavy atom. The van der Waals surface area contributed by atoms with Crippen molar-refractivity contribution < 1.29 is 0 Å². The molecule has 0 aromatic heterocycles. The van der Waals surface area contributed by atoms with E-state index in [1.807, 2.05) is 30.3 Å². The second kappa shape index (κ2) is 6.63. The zero-order chi connectivity index (χ0) is 14.5. The van der Waals surface area contributed by atoms with Gasteiger partial charge in [0.2, 0.25) is 0 Å². The molecule has 0 unspecified atom stereocenters. The van der Waals surface area contributed by atoms with Crippen LogP contribution in [0.1, 0.15) is 11.1 Å². The Bertz CT molecular complexity index is 822. The Labute approximate surface area is 137 Å². The van der Waals surface area contributed by atoms with Crippen molar-refractivity contribution in [2.75, 3.05) is 0 Å². The summed E-state index contributed by atoms with van der Waals surface area (Å²) in [5, 5.41) is 10.7. The Morgan fingerprint density at radius 3 is 2.14 bits per heavy atom. The second-order valence-electron chi connectivity index (χ2n) is 4.65. The summed E-state index contributed by atoms with van der Waals surface area (Å²) >= 11 is 2.28. The Morgan fingerprint density at radius 1 is 0.667 bits per heavy atom. The summed E-state index contributed by atoms with van der Waals surface area (Å²) in [7, 11) is 0. The highest BCUT2D eigenvalue weighted by Crippen LogP contribution is 2.14. The molecule has 0 aliphatic rings. The van der Waals surface area contributed by atoms with Crippen molar-refractivity contribution in [1.82, 2.24) is 0 Å². The van der Waals surface area contributed by atoms with Crippen LogP contribution in [0.3, 0.4) is 0 Å². The van der Waals surface area contributed by atoms with Gasteiger partial charge in [0.1, 0.15) is 0 Å². The molecule has 0 amide bonds. The van der Waals surface area contributed by atoms with Crippen LogP contribution >= 0.6 is 22.6 Å². The molecule has 3 aromatic rings. The average Bonchev–Trinajstić information content (AvgIpc) is 2.51. The molecule has 21 heavy (non-hydrogen) atoms. The van der Waals surface area contributed by atoms with Crippen molar-refractivity contribution in [2.24, 2.45) is 10.2 Å². The van der Waals surface area contributed by atoms with Gasteiger partial charge in [-0.15, -0.1) is 0 Å². The molecule has 0 atom stereocenters. The van der Waals surface area contributed by atoms with E-state index in [1.165, 1.54) is 14.3 Å². The summed E-state index contributed by atoms with van der Waals surface area (Å²) in [4.78, 5) is 0. The van der Waals surface area contributed by atoms with Gasteiger partial charge in [-0.05, 0) is 62.7 Å². The zero-order valence-electron chi connectivity index (χ0n) is 11.3. The minimum Gasteiger partial charge on any atom is -0.159 e. The number of benzene rings is 3. The van der Waals surface area contributed by atoms with E-state index in [-0.39, 0.29) is 0 Å². The van der Waals surface area contributed by atoms with Crippen LogP contribution in [0, 0.1) is 3.57 Å². The van der Waals surface area contributed by atoms with Crippen molar-refractivity contribution >= 4 is 45.8 Å². The summed E-state index contributed by atoms with van der Waals surface area (Å²) in [6.07, 6.45) is 3.54. The minimum atomic E-state index is 1.05. The maximum atomic E-state index is 4.12.